The fraction of sp³-hybridized carbons (Fsp3) is 0.267. The van der Waals surface area contributed by atoms with E-state index >= 15 is 0 Å². The second-order valence-electron chi connectivity index (χ2n) is 4.26. The molecule has 0 aliphatic carbocycles. The highest BCUT2D eigenvalue weighted by Gasteiger charge is 2.03. The van der Waals surface area contributed by atoms with E-state index in [2.05, 4.69) is 30.4 Å². The number of aryl methyl sites for hydroxylation is 1. The summed E-state index contributed by atoms with van der Waals surface area (Å²) < 4.78 is 5.20. The van der Waals surface area contributed by atoms with Gasteiger partial charge in [-0.1, -0.05) is 6.07 Å². The van der Waals surface area contributed by atoms with Crippen LogP contribution in [0, 0.1) is 18.3 Å². The molecular weight excluding hydrogens is 256 g/mol. The average Bonchev–Trinajstić information content (AvgIpc) is 2.84. The average molecular weight is 272 g/mol. The van der Waals surface area contributed by atoms with Gasteiger partial charge in [0.15, 0.2) is 0 Å². The van der Waals surface area contributed by atoms with E-state index in [0.717, 1.165) is 18.7 Å². The lowest BCUT2D eigenvalue weighted by Gasteiger charge is -2.07. The molecule has 3 nitrogen and oxygen atoms in total. The van der Waals surface area contributed by atoms with E-state index in [1.807, 2.05) is 12.1 Å². The molecule has 0 amide bonds. The molecule has 0 spiro atoms. The van der Waals surface area contributed by atoms with E-state index in [9.17, 15) is 0 Å². The molecule has 0 radical (unpaired) electrons. The van der Waals surface area contributed by atoms with Crippen LogP contribution in [-0.4, -0.2) is 7.11 Å². The minimum atomic E-state index is 0.570. The molecule has 0 unspecified atom stereocenters. The van der Waals surface area contributed by atoms with E-state index in [1.54, 1.807) is 24.5 Å². The van der Waals surface area contributed by atoms with E-state index in [-0.39, 0.29) is 0 Å². The molecule has 2 aromatic rings. The van der Waals surface area contributed by atoms with Crippen molar-refractivity contribution in [3.63, 3.8) is 0 Å². The molecule has 4 heteroatoms. The molecule has 0 aliphatic heterocycles. The van der Waals surface area contributed by atoms with Crippen molar-refractivity contribution in [2.45, 2.75) is 20.0 Å². The molecule has 1 N–H and O–H groups in total. The summed E-state index contributed by atoms with van der Waals surface area (Å²) in [5, 5.41) is 12.3. The van der Waals surface area contributed by atoms with Crippen molar-refractivity contribution >= 4 is 11.3 Å². The number of nitrogens with one attached hydrogen (secondary N) is 1. The van der Waals surface area contributed by atoms with Crippen LogP contribution in [0.2, 0.25) is 0 Å². The number of hydrogen-bond donors (Lipinski definition) is 1. The zero-order valence-corrected chi connectivity index (χ0v) is 11.9. The third-order valence-corrected chi connectivity index (χ3v) is 3.81. The number of rotatable bonds is 5. The van der Waals surface area contributed by atoms with Crippen molar-refractivity contribution < 1.29 is 4.74 Å². The van der Waals surface area contributed by atoms with Gasteiger partial charge in [-0.05, 0) is 36.8 Å². The van der Waals surface area contributed by atoms with Crippen LogP contribution in [0.4, 0.5) is 0 Å². The van der Waals surface area contributed by atoms with Crippen molar-refractivity contribution in [3.8, 4) is 11.8 Å². The third-order valence-electron chi connectivity index (χ3n) is 2.81. The molecule has 19 heavy (non-hydrogen) atoms. The van der Waals surface area contributed by atoms with Crippen LogP contribution in [0.25, 0.3) is 0 Å². The first kappa shape index (κ1) is 13.6. The standard InChI is InChI=1S/C15H16N2OS/c1-11-3-6-14(19-11)10-17-9-12-4-5-13(8-16)15(7-12)18-2/h3-7,17H,9-10H2,1-2H3. The Labute approximate surface area is 117 Å². The van der Waals surface area contributed by atoms with Crippen LogP contribution in [0.5, 0.6) is 5.75 Å². The molecular formula is C15H16N2OS. The van der Waals surface area contributed by atoms with Gasteiger partial charge in [-0.3, -0.25) is 0 Å². The Bertz CT molecular complexity index is 598. The minimum absolute atomic E-state index is 0.570. The Balaban J connectivity index is 1.94. The van der Waals surface area contributed by atoms with Gasteiger partial charge in [0.1, 0.15) is 11.8 Å². The molecule has 0 atom stereocenters. The molecule has 0 bridgehead atoms. The molecule has 0 fully saturated rings. The van der Waals surface area contributed by atoms with Gasteiger partial charge in [-0.2, -0.15) is 5.26 Å². The van der Waals surface area contributed by atoms with Gasteiger partial charge in [0, 0.05) is 22.8 Å². The summed E-state index contributed by atoms with van der Waals surface area (Å²) in [7, 11) is 1.59. The maximum Gasteiger partial charge on any atom is 0.136 e. The highest BCUT2D eigenvalue weighted by molar-refractivity contribution is 7.11. The molecule has 0 saturated heterocycles. The second kappa shape index (κ2) is 6.37. The number of hydrogen-bond acceptors (Lipinski definition) is 4. The van der Waals surface area contributed by atoms with Crippen molar-refractivity contribution in [2.75, 3.05) is 7.11 Å². The Morgan fingerprint density at radius 1 is 1.26 bits per heavy atom. The number of benzene rings is 1. The molecule has 0 saturated carbocycles. The zero-order chi connectivity index (χ0) is 13.7. The summed E-state index contributed by atoms with van der Waals surface area (Å²) in [5.74, 6) is 0.633. The summed E-state index contributed by atoms with van der Waals surface area (Å²) in [4.78, 5) is 2.66. The van der Waals surface area contributed by atoms with Crippen molar-refractivity contribution in [1.82, 2.24) is 5.32 Å². The van der Waals surface area contributed by atoms with Gasteiger partial charge in [0.2, 0.25) is 0 Å². The molecule has 98 valence electrons. The van der Waals surface area contributed by atoms with E-state index in [0.29, 0.717) is 11.3 Å². The predicted molar refractivity (Wildman–Crippen MR) is 77.3 cm³/mol. The van der Waals surface area contributed by atoms with E-state index in [4.69, 9.17) is 10.00 Å². The van der Waals surface area contributed by atoms with Crippen LogP contribution in [-0.2, 0) is 13.1 Å². The predicted octanol–water partition coefficient (Wildman–Crippen LogP) is 3.23. The Morgan fingerprint density at radius 3 is 2.74 bits per heavy atom. The quantitative estimate of drug-likeness (QED) is 0.909. The van der Waals surface area contributed by atoms with E-state index in [1.165, 1.54) is 9.75 Å². The van der Waals surface area contributed by atoms with Crippen LogP contribution in [0.15, 0.2) is 30.3 Å². The van der Waals surface area contributed by atoms with Crippen molar-refractivity contribution in [2.24, 2.45) is 0 Å². The summed E-state index contributed by atoms with van der Waals surface area (Å²) in [6.07, 6.45) is 0. The van der Waals surface area contributed by atoms with Crippen molar-refractivity contribution in [3.05, 3.63) is 51.2 Å². The minimum Gasteiger partial charge on any atom is -0.495 e. The summed E-state index contributed by atoms with van der Waals surface area (Å²) in [6, 6.07) is 12.0. The molecule has 1 aromatic heterocycles. The molecule has 2 rings (SSSR count). The van der Waals surface area contributed by atoms with Crippen LogP contribution >= 0.6 is 11.3 Å². The van der Waals surface area contributed by atoms with Gasteiger partial charge >= 0.3 is 0 Å². The molecule has 1 heterocycles. The third kappa shape index (κ3) is 3.57. The first-order valence-electron chi connectivity index (χ1n) is 6.06. The number of methoxy groups -OCH3 is 1. The Kier molecular flexibility index (Phi) is 4.56. The normalized spacial score (nSPS) is 10.2. The Hall–Kier alpha value is -1.83. The summed E-state index contributed by atoms with van der Waals surface area (Å²) >= 11 is 1.81. The number of nitrogens with zero attached hydrogens (tertiary/aromatic N) is 1. The van der Waals surface area contributed by atoms with E-state index < -0.39 is 0 Å². The highest BCUT2D eigenvalue weighted by atomic mass is 32.1. The smallest absolute Gasteiger partial charge is 0.136 e. The topological polar surface area (TPSA) is 45.0 Å². The molecule has 1 aromatic carbocycles. The fourth-order valence-electron chi connectivity index (χ4n) is 1.85. The summed E-state index contributed by atoms with van der Waals surface area (Å²) in [6.45, 7) is 3.74. The van der Waals surface area contributed by atoms with Crippen LogP contribution in [0.1, 0.15) is 20.9 Å². The lowest BCUT2D eigenvalue weighted by molar-refractivity contribution is 0.412. The first-order chi connectivity index (χ1) is 9.22. The zero-order valence-electron chi connectivity index (χ0n) is 11.1. The first-order valence-corrected chi connectivity index (χ1v) is 6.87. The van der Waals surface area contributed by atoms with Crippen LogP contribution in [0.3, 0.4) is 0 Å². The largest absolute Gasteiger partial charge is 0.495 e. The van der Waals surface area contributed by atoms with Gasteiger partial charge in [0.05, 0.1) is 12.7 Å². The number of thiophene rings is 1. The maximum absolute atomic E-state index is 8.92. The second-order valence-corrected chi connectivity index (χ2v) is 5.63. The maximum atomic E-state index is 8.92. The van der Waals surface area contributed by atoms with Gasteiger partial charge < -0.3 is 10.1 Å². The SMILES string of the molecule is COc1cc(CNCc2ccc(C)s2)ccc1C#N. The highest BCUT2D eigenvalue weighted by Crippen LogP contribution is 2.19. The lowest BCUT2D eigenvalue weighted by Crippen LogP contribution is -2.11. The van der Waals surface area contributed by atoms with Gasteiger partial charge in [-0.25, -0.2) is 0 Å². The number of nitriles is 1. The van der Waals surface area contributed by atoms with Crippen molar-refractivity contribution in [1.29, 1.82) is 5.26 Å². The summed E-state index contributed by atoms with van der Waals surface area (Å²) in [5.41, 5.74) is 1.68. The van der Waals surface area contributed by atoms with Crippen LogP contribution < -0.4 is 10.1 Å². The monoisotopic (exact) mass is 272 g/mol. The molecule has 0 aliphatic rings. The number of ether oxygens (including phenoxy) is 1. The Morgan fingerprint density at radius 2 is 2.11 bits per heavy atom. The fourth-order valence-corrected chi connectivity index (χ4v) is 2.71. The van der Waals surface area contributed by atoms with Gasteiger partial charge in [-0.15, -0.1) is 11.3 Å². The van der Waals surface area contributed by atoms with Gasteiger partial charge in [0.25, 0.3) is 0 Å². The lowest BCUT2D eigenvalue weighted by atomic mass is 10.1.